The molecular formula is C11H19NO2. The normalized spacial score (nSPS) is 13.1. The lowest BCUT2D eigenvalue weighted by molar-refractivity contribution is -0.145. The number of hydrogen-bond acceptors (Lipinski definition) is 3. The topological polar surface area (TPSA) is 50.1 Å². The SMILES string of the molecule is COC(=O)C(C)CCCC(C)(C)C#N. The average Bonchev–Trinajstić information content (AvgIpc) is 2.16. The quantitative estimate of drug-likeness (QED) is 0.636. The van der Waals surface area contributed by atoms with Crippen LogP contribution in [0.3, 0.4) is 0 Å². The van der Waals surface area contributed by atoms with Crippen molar-refractivity contribution in [2.75, 3.05) is 7.11 Å². The van der Waals surface area contributed by atoms with E-state index in [1.165, 1.54) is 7.11 Å². The number of esters is 1. The van der Waals surface area contributed by atoms with Gasteiger partial charge in [-0.1, -0.05) is 13.3 Å². The number of nitriles is 1. The largest absolute Gasteiger partial charge is 0.469 e. The highest BCUT2D eigenvalue weighted by Gasteiger charge is 2.18. The smallest absolute Gasteiger partial charge is 0.308 e. The third-order valence-electron chi connectivity index (χ3n) is 2.35. The van der Waals surface area contributed by atoms with E-state index in [9.17, 15) is 4.79 Å². The van der Waals surface area contributed by atoms with E-state index in [1.54, 1.807) is 0 Å². The minimum atomic E-state index is -0.282. The van der Waals surface area contributed by atoms with Gasteiger partial charge in [-0.15, -0.1) is 0 Å². The summed E-state index contributed by atoms with van der Waals surface area (Å²) < 4.78 is 4.62. The van der Waals surface area contributed by atoms with Crippen LogP contribution < -0.4 is 0 Å². The Balaban J connectivity index is 3.76. The van der Waals surface area contributed by atoms with Gasteiger partial charge in [0.1, 0.15) is 0 Å². The third kappa shape index (κ3) is 4.86. The zero-order chi connectivity index (χ0) is 11.2. The van der Waals surface area contributed by atoms with E-state index in [0.717, 1.165) is 19.3 Å². The maximum atomic E-state index is 11.0. The second kappa shape index (κ2) is 5.64. The third-order valence-corrected chi connectivity index (χ3v) is 2.35. The fourth-order valence-electron chi connectivity index (χ4n) is 1.23. The fourth-order valence-corrected chi connectivity index (χ4v) is 1.23. The molecule has 0 fully saturated rings. The molecule has 0 N–H and O–H groups in total. The van der Waals surface area contributed by atoms with Gasteiger partial charge in [-0.05, 0) is 26.7 Å². The summed E-state index contributed by atoms with van der Waals surface area (Å²) >= 11 is 0. The van der Waals surface area contributed by atoms with Crippen LogP contribution in [0.25, 0.3) is 0 Å². The van der Waals surface area contributed by atoms with E-state index in [2.05, 4.69) is 10.8 Å². The lowest BCUT2D eigenvalue weighted by Crippen LogP contribution is -2.14. The van der Waals surface area contributed by atoms with Crippen molar-refractivity contribution >= 4 is 5.97 Å². The first-order valence-electron chi connectivity index (χ1n) is 4.92. The van der Waals surface area contributed by atoms with Gasteiger partial charge in [-0.25, -0.2) is 0 Å². The molecule has 0 aliphatic heterocycles. The van der Waals surface area contributed by atoms with Crippen molar-refractivity contribution in [2.45, 2.75) is 40.0 Å². The van der Waals surface area contributed by atoms with Crippen LogP contribution in [0, 0.1) is 22.7 Å². The van der Waals surface area contributed by atoms with Gasteiger partial charge in [0, 0.05) is 0 Å². The van der Waals surface area contributed by atoms with Gasteiger partial charge < -0.3 is 4.74 Å². The van der Waals surface area contributed by atoms with Crippen molar-refractivity contribution in [1.29, 1.82) is 5.26 Å². The molecule has 0 saturated carbocycles. The summed E-state index contributed by atoms with van der Waals surface area (Å²) in [6, 6.07) is 2.24. The van der Waals surface area contributed by atoms with Crippen LogP contribution in [0.2, 0.25) is 0 Å². The van der Waals surface area contributed by atoms with Crippen molar-refractivity contribution in [3.8, 4) is 6.07 Å². The summed E-state index contributed by atoms with van der Waals surface area (Å²) in [6.45, 7) is 5.68. The maximum Gasteiger partial charge on any atom is 0.308 e. The summed E-state index contributed by atoms with van der Waals surface area (Å²) in [7, 11) is 1.40. The van der Waals surface area contributed by atoms with Crippen LogP contribution in [-0.2, 0) is 9.53 Å². The fraction of sp³-hybridized carbons (Fsp3) is 0.818. The van der Waals surface area contributed by atoms with E-state index in [1.807, 2.05) is 20.8 Å². The van der Waals surface area contributed by atoms with Gasteiger partial charge in [-0.2, -0.15) is 5.26 Å². The summed E-state index contributed by atoms with van der Waals surface area (Å²) in [5.41, 5.74) is -0.282. The molecule has 1 unspecified atom stereocenters. The zero-order valence-corrected chi connectivity index (χ0v) is 9.46. The van der Waals surface area contributed by atoms with Crippen molar-refractivity contribution in [3.63, 3.8) is 0 Å². The van der Waals surface area contributed by atoms with E-state index < -0.39 is 0 Å². The standard InChI is InChI=1S/C11H19NO2/c1-9(10(13)14-4)6-5-7-11(2,3)8-12/h9H,5-7H2,1-4H3. The van der Waals surface area contributed by atoms with Gasteiger partial charge in [0.25, 0.3) is 0 Å². The summed E-state index contributed by atoms with van der Waals surface area (Å²) in [6.07, 6.45) is 2.50. The Morgan fingerprint density at radius 3 is 2.57 bits per heavy atom. The van der Waals surface area contributed by atoms with Crippen molar-refractivity contribution < 1.29 is 9.53 Å². The molecule has 0 aromatic heterocycles. The molecule has 0 amide bonds. The number of hydrogen-bond donors (Lipinski definition) is 0. The first kappa shape index (κ1) is 13.0. The van der Waals surface area contributed by atoms with Crippen LogP contribution in [-0.4, -0.2) is 13.1 Å². The first-order chi connectivity index (χ1) is 6.43. The minimum absolute atomic E-state index is 0.0607. The zero-order valence-electron chi connectivity index (χ0n) is 9.46. The van der Waals surface area contributed by atoms with E-state index in [0.29, 0.717) is 0 Å². The van der Waals surface area contributed by atoms with E-state index in [4.69, 9.17) is 5.26 Å². The van der Waals surface area contributed by atoms with Crippen LogP contribution in [0.5, 0.6) is 0 Å². The molecule has 0 aromatic carbocycles. The monoisotopic (exact) mass is 197 g/mol. The van der Waals surface area contributed by atoms with Crippen molar-refractivity contribution in [1.82, 2.24) is 0 Å². The lowest BCUT2D eigenvalue weighted by Gasteiger charge is -2.15. The van der Waals surface area contributed by atoms with Gasteiger partial charge >= 0.3 is 5.97 Å². The van der Waals surface area contributed by atoms with Crippen LogP contribution in [0.1, 0.15) is 40.0 Å². The number of rotatable bonds is 5. The Labute approximate surface area is 86.1 Å². The van der Waals surface area contributed by atoms with Crippen LogP contribution in [0.4, 0.5) is 0 Å². The average molecular weight is 197 g/mol. The number of methoxy groups -OCH3 is 1. The molecule has 0 aromatic rings. The van der Waals surface area contributed by atoms with Crippen molar-refractivity contribution in [3.05, 3.63) is 0 Å². The minimum Gasteiger partial charge on any atom is -0.469 e. The second-order valence-electron chi connectivity index (χ2n) is 4.31. The number of carbonyl (C=O) groups is 1. The Morgan fingerprint density at radius 2 is 2.14 bits per heavy atom. The molecule has 0 saturated heterocycles. The van der Waals surface area contributed by atoms with Crippen LogP contribution >= 0.6 is 0 Å². The highest BCUT2D eigenvalue weighted by Crippen LogP contribution is 2.23. The highest BCUT2D eigenvalue weighted by atomic mass is 16.5. The van der Waals surface area contributed by atoms with Crippen LogP contribution in [0.15, 0.2) is 0 Å². The highest BCUT2D eigenvalue weighted by molar-refractivity contribution is 5.71. The van der Waals surface area contributed by atoms with E-state index in [-0.39, 0.29) is 17.3 Å². The first-order valence-corrected chi connectivity index (χ1v) is 4.92. The van der Waals surface area contributed by atoms with Gasteiger partial charge in [-0.3, -0.25) is 4.79 Å². The predicted octanol–water partition coefficient (Wildman–Crippen LogP) is 2.52. The molecule has 0 rings (SSSR count). The molecular weight excluding hydrogens is 178 g/mol. The van der Waals surface area contributed by atoms with Crippen molar-refractivity contribution in [2.24, 2.45) is 11.3 Å². The molecule has 0 heterocycles. The molecule has 0 spiro atoms. The summed E-state index contributed by atoms with van der Waals surface area (Å²) in [4.78, 5) is 11.0. The summed E-state index contributed by atoms with van der Waals surface area (Å²) in [5, 5.41) is 8.77. The molecule has 0 aliphatic rings. The second-order valence-corrected chi connectivity index (χ2v) is 4.31. The molecule has 80 valence electrons. The van der Waals surface area contributed by atoms with Gasteiger partial charge in [0.15, 0.2) is 0 Å². The Morgan fingerprint density at radius 1 is 1.57 bits per heavy atom. The number of ether oxygens (including phenoxy) is 1. The predicted molar refractivity (Wildman–Crippen MR) is 54.4 cm³/mol. The van der Waals surface area contributed by atoms with Gasteiger partial charge in [0.05, 0.1) is 24.5 Å². The summed E-state index contributed by atoms with van der Waals surface area (Å²) in [5.74, 6) is -0.228. The van der Waals surface area contributed by atoms with E-state index >= 15 is 0 Å². The molecule has 0 aliphatic carbocycles. The Bertz CT molecular complexity index is 228. The molecule has 3 nitrogen and oxygen atoms in total. The van der Waals surface area contributed by atoms with Gasteiger partial charge in [0.2, 0.25) is 0 Å². The molecule has 3 heteroatoms. The molecule has 14 heavy (non-hydrogen) atoms. The number of nitrogens with zero attached hydrogens (tertiary/aromatic N) is 1. The molecule has 0 radical (unpaired) electrons. The molecule has 1 atom stereocenters. The Hall–Kier alpha value is -1.04. The molecule has 0 bridgehead atoms. The maximum absolute atomic E-state index is 11.0. The Kier molecular flexibility index (Phi) is 5.22. The lowest BCUT2D eigenvalue weighted by atomic mass is 9.87. The number of carbonyl (C=O) groups excluding carboxylic acids is 1.